The van der Waals surface area contributed by atoms with Crippen molar-refractivity contribution in [1.29, 1.82) is 0 Å². The maximum Gasteiger partial charge on any atom is 0.282 e. The molecule has 0 radical (unpaired) electrons. The van der Waals surface area contributed by atoms with Crippen LogP contribution in [0.3, 0.4) is 0 Å². The minimum absolute atomic E-state index is 0.0495. The van der Waals surface area contributed by atoms with E-state index in [1.54, 1.807) is 36.4 Å². The predicted octanol–water partition coefficient (Wildman–Crippen LogP) is 3.34. The van der Waals surface area contributed by atoms with Crippen LogP contribution in [-0.2, 0) is 9.59 Å². The predicted molar refractivity (Wildman–Crippen MR) is 115 cm³/mol. The highest BCUT2D eigenvalue weighted by Crippen LogP contribution is 2.39. The first-order valence-corrected chi connectivity index (χ1v) is 10.3. The highest BCUT2D eigenvalue weighted by atomic mass is 35.5. The molecule has 156 valence electrons. The third-order valence-corrected chi connectivity index (χ3v) is 5.83. The van der Waals surface area contributed by atoms with Crippen LogP contribution in [0.5, 0.6) is 5.75 Å². The van der Waals surface area contributed by atoms with Gasteiger partial charge in [-0.05, 0) is 43.0 Å². The van der Waals surface area contributed by atoms with Crippen molar-refractivity contribution in [3.05, 3.63) is 64.8 Å². The van der Waals surface area contributed by atoms with E-state index in [0.717, 1.165) is 12.8 Å². The second kappa shape index (κ2) is 8.50. The van der Waals surface area contributed by atoms with Crippen molar-refractivity contribution >= 4 is 34.7 Å². The van der Waals surface area contributed by atoms with E-state index in [4.69, 9.17) is 16.3 Å². The van der Waals surface area contributed by atoms with Crippen LogP contribution in [0, 0.1) is 5.92 Å². The lowest BCUT2D eigenvalue weighted by atomic mass is 9.96. The van der Waals surface area contributed by atoms with Gasteiger partial charge in [0, 0.05) is 30.3 Å². The number of piperidine rings is 1. The minimum atomic E-state index is -0.409. The number of para-hydroxylation sites is 1. The van der Waals surface area contributed by atoms with Crippen LogP contribution >= 0.6 is 11.6 Å². The summed E-state index contributed by atoms with van der Waals surface area (Å²) in [7, 11) is 1.54. The molecule has 2 heterocycles. The average Bonchev–Trinajstić information content (AvgIpc) is 3.03. The summed E-state index contributed by atoms with van der Waals surface area (Å²) in [5.41, 5.74) is 1.67. The summed E-state index contributed by atoms with van der Waals surface area (Å²) >= 11 is 6.12. The van der Waals surface area contributed by atoms with Crippen molar-refractivity contribution in [3.63, 3.8) is 0 Å². The van der Waals surface area contributed by atoms with Gasteiger partial charge in [-0.3, -0.25) is 9.59 Å². The van der Waals surface area contributed by atoms with E-state index < -0.39 is 5.91 Å². The summed E-state index contributed by atoms with van der Waals surface area (Å²) in [6.45, 7) is 1.22. The zero-order chi connectivity index (χ0) is 21.3. The molecule has 0 aliphatic carbocycles. The van der Waals surface area contributed by atoms with Gasteiger partial charge < -0.3 is 14.7 Å². The van der Waals surface area contributed by atoms with Crippen LogP contribution in [0.2, 0.25) is 5.02 Å². The van der Waals surface area contributed by atoms with Crippen molar-refractivity contribution in [2.45, 2.75) is 12.8 Å². The second-order valence-electron chi connectivity index (χ2n) is 7.49. The minimum Gasteiger partial charge on any atom is -0.496 e. The molecule has 1 unspecified atom stereocenters. The molecule has 1 saturated heterocycles. The summed E-state index contributed by atoms with van der Waals surface area (Å²) in [4.78, 5) is 30.2. The zero-order valence-corrected chi connectivity index (χ0v) is 17.4. The third kappa shape index (κ3) is 3.57. The number of amides is 2. The molecule has 0 saturated carbocycles. The molecular weight excluding hydrogens is 404 g/mol. The number of hydrogen-bond donors (Lipinski definition) is 1. The number of hydrogen-bond acceptors (Lipinski definition) is 5. The van der Waals surface area contributed by atoms with Gasteiger partial charge in [0.15, 0.2) is 0 Å². The summed E-state index contributed by atoms with van der Waals surface area (Å²) < 4.78 is 5.48. The number of benzene rings is 2. The molecular formula is C23H23ClN2O4. The van der Waals surface area contributed by atoms with Crippen LogP contribution in [-0.4, -0.2) is 48.6 Å². The number of aliphatic hydroxyl groups excluding tert-OH is 1. The van der Waals surface area contributed by atoms with Crippen LogP contribution < -0.4 is 9.64 Å². The van der Waals surface area contributed by atoms with E-state index in [2.05, 4.69) is 0 Å². The van der Waals surface area contributed by atoms with E-state index in [-0.39, 0.29) is 18.4 Å². The fraction of sp³-hybridized carbons (Fsp3) is 0.304. The van der Waals surface area contributed by atoms with Crippen molar-refractivity contribution < 1.29 is 19.4 Å². The monoisotopic (exact) mass is 426 g/mol. The van der Waals surface area contributed by atoms with Gasteiger partial charge in [-0.1, -0.05) is 35.9 Å². The number of likely N-dealkylation sites (tertiary alicyclic amines) is 1. The quantitative estimate of drug-likeness (QED) is 0.742. The maximum absolute atomic E-state index is 13.6. The summed E-state index contributed by atoms with van der Waals surface area (Å²) in [5.74, 6) is -0.210. The molecule has 2 amide bonds. The highest BCUT2D eigenvalue weighted by molar-refractivity contribution is 6.46. The smallest absolute Gasteiger partial charge is 0.282 e. The fourth-order valence-electron chi connectivity index (χ4n) is 4.17. The Labute approximate surface area is 180 Å². The Morgan fingerprint density at radius 1 is 1.13 bits per heavy atom. The molecule has 0 aromatic heterocycles. The molecule has 1 atom stereocenters. The Bertz CT molecular complexity index is 1020. The second-order valence-corrected chi connectivity index (χ2v) is 7.92. The number of rotatable bonds is 5. The van der Waals surface area contributed by atoms with E-state index in [9.17, 15) is 14.7 Å². The largest absolute Gasteiger partial charge is 0.496 e. The number of halogens is 1. The molecule has 30 heavy (non-hydrogen) atoms. The van der Waals surface area contributed by atoms with Crippen molar-refractivity contribution in [2.75, 3.05) is 31.7 Å². The van der Waals surface area contributed by atoms with E-state index in [0.29, 0.717) is 46.4 Å². The fourth-order valence-corrected chi connectivity index (χ4v) is 4.36. The first-order valence-electron chi connectivity index (χ1n) is 9.93. The van der Waals surface area contributed by atoms with Gasteiger partial charge >= 0.3 is 0 Å². The zero-order valence-electron chi connectivity index (χ0n) is 16.7. The Morgan fingerprint density at radius 2 is 1.93 bits per heavy atom. The van der Waals surface area contributed by atoms with Crippen molar-refractivity contribution in [3.8, 4) is 5.75 Å². The number of aliphatic hydroxyl groups is 1. The molecule has 2 aromatic carbocycles. The molecule has 6 nitrogen and oxygen atoms in total. The molecule has 1 N–H and O–H groups in total. The number of ether oxygens (including phenoxy) is 1. The number of carbonyl (C=O) groups excluding carboxylic acids is 2. The lowest BCUT2D eigenvalue weighted by Crippen LogP contribution is -2.40. The summed E-state index contributed by atoms with van der Waals surface area (Å²) in [5, 5.41) is 10.1. The molecule has 2 aliphatic rings. The maximum atomic E-state index is 13.6. The summed E-state index contributed by atoms with van der Waals surface area (Å²) in [6.07, 6.45) is 1.73. The molecule has 7 heteroatoms. The SMILES string of the molecule is COc1ccccc1C1=C(N2CCCC(CO)C2)C(=O)N(c2cccc(Cl)c2)C1=O. The van der Waals surface area contributed by atoms with Gasteiger partial charge in [-0.2, -0.15) is 0 Å². The Balaban J connectivity index is 1.86. The standard InChI is InChI=1S/C23H23ClN2O4/c1-30-19-10-3-2-9-18(19)20-21(25-11-5-6-15(13-25)14-27)23(29)26(22(20)28)17-8-4-7-16(24)12-17/h2-4,7-10,12,15,27H,5-6,11,13-14H2,1H3. The van der Waals surface area contributed by atoms with Crippen LogP contribution in [0.25, 0.3) is 5.57 Å². The van der Waals surface area contributed by atoms with Crippen LogP contribution in [0.4, 0.5) is 5.69 Å². The van der Waals surface area contributed by atoms with Crippen molar-refractivity contribution in [1.82, 2.24) is 4.90 Å². The van der Waals surface area contributed by atoms with Crippen molar-refractivity contribution in [2.24, 2.45) is 5.92 Å². The normalized spacial score (nSPS) is 19.6. The van der Waals surface area contributed by atoms with E-state index in [1.807, 2.05) is 17.0 Å². The number of anilines is 1. The molecule has 1 fully saturated rings. The molecule has 2 aliphatic heterocycles. The van der Waals surface area contributed by atoms with Gasteiger partial charge in [0.05, 0.1) is 18.4 Å². The lowest BCUT2D eigenvalue weighted by molar-refractivity contribution is -0.120. The Hall–Kier alpha value is -2.83. The van der Waals surface area contributed by atoms with Crippen LogP contribution in [0.15, 0.2) is 54.2 Å². The lowest BCUT2D eigenvalue weighted by Gasteiger charge is -2.34. The van der Waals surface area contributed by atoms with Gasteiger partial charge in [-0.15, -0.1) is 0 Å². The molecule has 0 bridgehead atoms. The van der Waals surface area contributed by atoms with Gasteiger partial charge in [0.25, 0.3) is 11.8 Å². The van der Waals surface area contributed by atoms with E-state index >= 15 is 0 Å². The highest BCUT2D eigenvalue weighted by Gasteiger charge is 2.44. The molecule has 4 rings (SSSR count). The number of nitrogens with zero attached hydrogens (tertiary/aromatic N) is 2. The third-order valence-electron chi connectivity index (χ3n) is 5.60. The molecule has 2 aromatic rings. The molecule has 0 spiro atoms. The van der Waals surface area contributed by atoms with Crippen LogP contribution in [0.1, 0.15) is 18.4 Å². The van der Waals surface area contributed by atoms with Gasteiger partial charge in [-0.25, -0.2) is 4.90 Å². The van der Waals surface area contributed by atoms with Gasteiger partial charge in [0.2, 0.25) is 0 Å². The topological polar surface area (TPSA) is 70.1 Å². The van der Waals surface area contributed by atoms with E-state index in [1.165, 1.54) is 12.0 Å². The Morgan fingerprint density at radius 3 is 2.67 bits per heavy atom. The number of methoxy groups -OCH3 is 1. The number of imide groups is 1. The Kier molecular flexibility index (Phi) is 5.79. The first-order chi connectivity index (χ1) is 14.5. The summed E-state index contributed by atoms with van der Waals surface area (Å²) in [6, 6.07) is 13.9. The number of carbonyl (C=O) groups is 2. The average molecular weight is 427 g/mol. The van der Waals surface area contributed by atoms with Gasteiger partial charge in [0.1, 0.15) is 11.4 Å². The first kappa shape index (κ1) is 20.4.